The van der Waals surface area contributed by atoms with Crippen molar-refractivity contribution in [2.24, 2.45) is 0 Å². The van der Waals surface area contributed by atoms with Gasteiger partial charge >= 0.3 is 0 Å². The van der Waals surface area contributed by atoms with E-state index in [0.29, 0.717) is 22.3 Å². The van der Waals surface area contributed by atoms with Crippen molar-refractivity contribution < 1.29 is 9.53 Å². The molecule has 2 aromatic carbocycles. The third kappa shape index (κ3) is 4.35. The number of hydrogen-bond acceptors (Lipinski definition) is 5. The lowest BCUT2D eigenvalue weighted by Gasteiger charge is -2.21. The first-order valence-corrected chi connectivity index (χ1v) is 8.79. The number of hydrogen-bond donors (Lipinski definition) is 1. The van der Waals surface area contributed by atoms with Gasteiger partial charge in [0, 0.05) is 17.3 Å². The Hall–Kier alpha value is -3.12. The van der Waals surface area contributed by atoms with E-state index in [1.165, 1.54) is 13.3 Å². The van der Waals surface area contributed by atoms with Crippen LogP contribution in [0.4, 0.5) is 17.2 Å². The van der Waals surface area contributed by atoms with E-state index >= 15 is 0 Å². The number of nitrogens with zero attached hydrogens (tertiary/aromatic N) is 3. The highest BCUT2D eigenvalue weighted by Gasteiger charge is 2.14. The molecule has 0 atom stereocenters. The van der Waals surface area contributed by atoms with E-state index in [4.69, 9.17) is 16.3 Å². The molecule has 1 aromatic heterocycles. The molecular formula is C20H19ClN4O2. The Bertz CT molecular complexity index is 917. The maximum Gasteiger partial charge on any atom is 0.275 e. The lowest BCUT2D eigenvalue weighted by atomic mass is 10.2. The van der Waals surface area contributed by atoms with E-state index in [-0.39, 0.29) is 5.69 Å². The van der Waals surface area contributed by atoms with Gasteiger partial charge in [0.15, 0.2) is 5.82 Å². The third-order valence-electron chi connectivity index (χ3n) is 3.94. The molecule has 1 amide bonds. The van der Waals surface area contributed by atoms with Crippen LogP contribution in [0.5, 0.6) is 5.75 Å². The minimum Gasteiger partial charge on any atom is -0.495 e. The highest BCUT2D eigenvalue weighted by atomic mass is 35.5. The predicted octanol–water partition coefficient (Wildman–Crippen LogP) is 4.55. The fraction of sp³-hybridized carbons (Fsp3) is 0.150. The van der Waals surface area contributed by atoms with Gasteiger partial charge in [0.2, 0.25) is 0 Å². The van der Waals surface area contributed by atoms with Crippen LogP contribution in [0.25, 0.3) is 0 Å². The average molecular weight is 383 g/mol. The van der Waals surface area contributed by atoms with Crippen LogP contribution in [0, 0.1) is 0 Å². The van der Waals surface area contributed by atoms with Crippen molar-refractivity contribution in [3.05, 3.63) is 71.6 Å². The molecule has 0 saturated heterocycles. The number of rotatable bonds is 6. The Kier molecular flexibility index (Phi) is 5.88. The molecule has 0 fully saturated rings. The number of anilines is 3. The van der Waals surface area contributed by atoms with Crippen molar-refractivity contribution in [3.63, 3.8) is 0 Å². The molecule has 138 valence electrons. The second-order valence-corrected chi connectivity index (χ2v) is 6.07. The predicted molar refractivity (Wildman–Crippen MR) is 107 cm³/mol. The lowest BCUT2D eigenvalue weighted by Crippen LogP contribution is -2.19. The number of methoxy groups -OCH3 is 1. The highest BCUT2D eigenvalue weighted by Crippen LogP contribution is 2.28. The molecule has 1 heterocycles. The summed E-state index contributed by atoms with van der Waals surface area (Å²) >= 11 is 5.99. The smallest absolute Gasteiger partial charge is 0.275 e. The summed E-state index contributed by atoms with van der Waals surface area (Å²) in [5, 5.41) is 3.24. The minimum absolute atomic E-state index is 0.199. The normalized spacial score (nSPS) is 10.3. The molecule has 3 aromatic rings. The average Bonchev–Trinajstić information content (AvgIpc) is 2.70. The summed E-state index contributed by atoms with van der Waals surface area (Å²) in [5.74, 6) is 0.788. The van der Waals surface area contributed by atoms with Crippen molar-refractivity contribution in [1.82, 2.24) is 9.97 Å². The van der Waals surface area contributed by atoms with Gasteiger partial charge in [0.25, 0.3) is 5.91 Å². The summed E-state index contributed by atoms with van der Waals surface area (Å²) < 4.78 is 5.24. The maximum absolute atomic E-state index is 12.5. The third-order valence-corrected chi connectivity index (χ3v) is 4.18. The molecular weight excluding hydrogens is 364 g/mol. The Balaban J connectivity index is 1.79. The molecule has 0 aliphatic carbocycles. The van der Waals surface area contributed by atoms with Gasteiger partial charge in [-0.05, 0) is 37.3 Å². The first kappa shape index (κ1) is 18.7. The molecule has 0 bridgehead atoms. The number of para-hydroxylation sites is 1. The minimum atomic E-state index is -0.391. The summed E-state index contributed by atoms with van der Waals surface area (Å²) in [6, 6.07) is 14.9. The van der Waals surface area contributed by atoms with Crippen LogP contribution in [0.15, 0.2) is 60.9 Å². The maximum atomic E-state index is 12.5. The van der Waals surface area contributed by atoms with Crippen molar-refractivity contribution in [2.75, 3.05) is 23.9 Å². The number of halogens is 1. The summed E-state index contributed by atoms with van der Waals surface area (Å²) in [4.78, 5) is 23.1. The Morgan fingerprint density at radius 1 is 1.15 bits per heavy atom. The van der Waals surface area contributed by atoms with Gasteiger partial charge in [0.05, 0.1) is 25.2 Å². The molecule has 3 rings (SSSR count). The van der Waals surface area contributed by atoms with Crippen molar-refractivity contribution >= 4 is 34.7 Å². The standard InChI is InChI=1S/C20H19ClN4O2/c1-3-25(15-7-5-4-6-8-15)19-13-22-17(12-23-19)20(26)24-16-11-14(21)9-10-18(16)27-2/h4-13H,3H2,1-2H3,(H,24,26). The Morgan fingerprint density at radius 3 is 2.56 bits per heavy atom. The number of benzene rings is 2. The van der Waals surface area contributed by atoms with Crippen molar-refractivity contribution in [1.29, 1.82) is 0 Å². The molecule has 1 N–H and O–H groups in total. The van der Waals surface area contributed by atoms with Gasteiger partial charge in [-0.3, -0.25) is 4.79 Å². The van der Waals surface area contributed by atoms with Gasteiger partial charge in [-0.1, -0.05) is 29.8 Å². The van der Waals surface area contributed by atoms with Crippen LogP contribution in [-0.4, -0.2) is 29.5 Å². The van der Waals surface area contributed by atoms with E-state index in [2.05, 4.69) is 15.3 Å². The summed E-state index contributed by atoms with van der Waals surface area (Å²) in [5.41, 5.74) is 1.68. The van der Waals surface area contributed by atoms with Crippen LogP contribution in [0.1, 0.15) is 17.4 Å². The molecule has 0 saturated carbocycles. The molecule has 0 radical (unpaired) electrons. The quantitative estimate of drug-likeness (QED) is 0.677. The molecule has 0 unspecified atom stereocenters. The number of ether oxygens (including phenoxy) is 1. The van der Waals surface area contributed by atoms with Crippen LogP contribution < -0.4 is 15.0 Å². The Labute approximate surface area is 162 Å². The van der Waals surface area contributed by atoms with Gasteiger partial charge < -0.3 is 15.0 Å². The molecule has 0 aliphatic rings. The second kappa shape index (κ2) is 8.51. The first-order valence-electron chi connectivity index (χ1n) is 8.42. The number of nitrogens with one attached hydrogen (secondary N) is 1. The SMILES string of the molecule is CCN(c1ccccc1)c1cnc(C(=O)Nc2cc(Cl)ccc2OC)cn1. The van der Waals surface area contributed by atoms with E-state index in [9.17, 15) is 4.79 Å². The van der Waals surface area contributed by atoms with Gasteiger partial charge in [0.1, 0.15) is 11.4 Å². The van der Waals surface area contributed by atoms with Crippen molar-refractivity contribution in [3.8, 4) is 5.75 Å². The van der Waals surface area contributed by atoms with Crippen LogP contribution >= 0.6 is 11.6 Å². The van der Waals surface area contributed by atoms with E-state index in [1.54, 1.807) is 24.4 Å². The topological polar surface area (TPSA) is 67.4 Å². The number of aromatic nitrogens is 2. The van der Waals surface area contributed by atoms with Crippen LogP contribution in [-0.2, 0) is 0 Å². The van der Waals surface area contributed by atoms with Crippen LogP contribution in [0.2, 0.25) is 5.02 Å². The molecule has 6 nitrogen and oxygen atoms in total. The summed E-state index contributed by atoms with van der Waals surface area (Å²) in [6.07, 6.45) is 3.04. The lowest BCUT2D eigenvalue weighted by molar-refractivity contribution is 0.102. The zero-order chi connectivity index (χ0) is 19.2. The molecule has 7 heteroatoms. The van der Waals surface area contributed by atoms with Gasteiger partial charge in [-0.2, -0.15) is 0 Å². The molecule has 27 heavy (non-hydrogen) atoms. The second-order valence-electron chi connectivity index (χ2n) is 5.64. The zero-order valence-electron chi connectivity index (χ0n) is 15.0. The van der Waals surface area contributed by atoms with E-state index in [1.807, 2.05) is 42.2 Å². The van der Waals surface area contributed by atoms with Gasteiger partial charge in [-0.15, -0.1) is 0 Å². The number of carbonyl (C=O) groups is 1. The highest BCUT2D eigenvalue weighted by molar-refractivity contribution is 6.31. The van der Waals surface area contributed by atoms with E-state index in [0.717, 1.165) is 12.2 Å². The van der Waals surface area contributed by atoms with Crippen molar-refractivity contribution in [2.45, 2.75) is 6.92 Å². The summed E-state index contributed by atoms with van der Waals surface area (Å²) in [7, 11) is 1.52. The monoisotopic (exact) mass is 382 g/mol. The largest absolute Gasteiger partial charge is 0.495 e. The molecule has 0 aliphatic heterocycles. The fourth-order valence-electron chi connectivity index (χ4n) is 2.63. The van der Waals surface area contributed by atoms with Gasteiger partial charge in [-0.25, -0.2) is 9.97 Å². The summed E-state index contributed by atoms with van der Waals surface area (Å²) in [6.45, 7) is 2.75. The fourth-order valence-corrected chi connectivity index (χ4v) is 2.80. The molecule has 0 spiro atoms. The number of carbonyl (C=O) groups excluding carboxylic acids is 1. The van der Waals surface area contributed by atoms with Crippen LogP contribution in [0.3, 0.4) is 0 Å². The van der Waals surface area contributed by atoms with E-state index < -0.39 is 5.91 Å². The first-order chi connectivity index (χ1) is 13.1. The zero-order valence-corrected chi connectivity index (χ0v) is 15.8. The number of amides is 1. The Morgan fingerprint density at radius 2 is 1.93 bits per heavy atom.